The van der Waals surface area contributed by atoms with Crippen LogP contribution in [0, 0.1) is 0 Å². The van der Waals surface area contributed by atoms with Gasteiger partial charge < -0.3 is 27.9 Å². The fourth-order valence-corrected chi connectivity index (χ4v) is 6.11. The lowest BCUT2D eigenvalue weighted by Crippen LogP contribution is -2.37. The van der Waals surface area contributed by atoms with E-state index >= 15 is 0 Å². The number of quaternary nitrogens is 1. The highest BCUT2D eigenvalue weighted by molar-refractivity contribution is 7.45. The maximum atomic E-state index is 12.6. The average molecular weight is 806 g/mol. The van der Waals surface area contributed by atoms with Crippen molar-refractivity contribution in [1.82, 2.24) is 0 Å². The molecule has 9 nitrogen and oxygen atoms in total. The van der Waals surface area contributed by atoms with Crippen LogP contribution in [0.4, 0.5) is 0 Å². The Labute approximate surface area is 342 Å². The van der Waals surface area contributed by atoms with Crippen LogP contribution in [0.2, 0.25) is 0 Å². The van der Waals surface area contributed by atoms with Crippen molar-refractivity contribution in [1.29, 1.82) is 0 Å². The molecule has 0 rings (SSSR count). The van der Waals surface area contributed by atoms with Crippen LogP contribution in [0.5, 0.6) is 0 Å². The van der Waals surface area contributed by atoms with Crippen molar-refractivity contribution in [2.24, 2.45) is 0 Å². The summed E-state index contributed by atoms with van der Waals surface area (Å²) in [6.07, 6.45) is 46.6. The summed E-state index contributed by atoms with van der Waals surface area (Å²) < 4.78 is 33.8. The van der Waals surface area contributed by atoms with Crippen molar-refractivity contribution in [3.8, 4) is 0 Å². The first-order valence-electron chi connectivity index (χ1n) is 21.6. The van der Waals surface area contributed by atoms with E-state index in [0.717, 1.165) is 57.8 Å². The molecule has 10 heteroatoms. The number of nitrogens with zero attached hydrogens (tertiary/aromatic N) is 1. The number of hydrogen-bond donors (Lipinski definition) is 0. The maximum Gasteiger partial charge on any atom is 0.306 e. The summed E-state index contributed by atoms with van der Waals surface area (Å²) >= 11 is 0. The Morgan fingerprint density at radius 2 is 1.02 bits per heavy atom. The predicted molar refractivity (Wildman–Crippen MR) is 231 cm³/mol. The van der Waals surface area contributed by atoms with E-state index < -0.39 is 32.5 Å². The first-order valence-corrected chi connectivity index (χ1v) is 23.1. The third kappa shape index (κ3) is 41.1. The van der Waals surface area contributed by atoms with Crippen LogP contribution in [0.25, 0.3) is 0 Å². The quantitative estimate of drug-likeness (QED) is 0.0199. The van der Waals surface area contributed by atoms with Crippen LogP contribution >= 0.6 is 7.82 Å². The molecule has 0 aromatic heterocycles. The van der Waals surface area contributed by atoms with E-state index in [1.807, 2.05) is 33.3 Å². The molecule has 0 aromatic carbocycles. The molecule has 0 aliphatic rings. The van der Waals surface area contributed by atoms with Gasteiger partial charge in [0.1, 0.15) is 19.8 Å². The molecule has 0 radical (unpaired) electrons. The van der Waals surface area contributed by atoms with Gasteiger partial charge in [-0.25, -0.2) is 0 Å². The molecule has 0 amide bonds. The minimum absolute atomic E-state index is 0.0468. The lowest BCUT2D eigenvalue weighted by Gasteiger charge is -2.28. The number of esters is 2. The minimum atomic E-state index is -4.65. The molecule has 0 aromatic rings. The van der Waals surface area contributed by atoms with E-state index in [2.05, 4.69) is 74.6 Å². The monoisotopic (exact) mass is 806 g/mol. The maximum absolute atomic E-state index is 12.6. The van der Waals surface area contributed by atoms with Crippen molar-refractivity contribution in [3.63, 3.8) is 0 Å². The van der Waals surface area contributed by atoms with Gasteiger partial charge >= 0.3 is 11.9 Å². The van der Waals surface area contributed by atoms with E-state index in [9.17, 15) is 19.0 Å². The molecular weight excluding hydrogens is 725 g/mol. The van der Waals surface area contributed by atoms with Gasteiger partial charge in [-0.2, -0.15) is 0 Å². The summed E-state index contributed by atoms with van der Waals surface area (Å²) in [4.78, 5) is 37.5. The fourth-order valence-electron chi connectivity index (χ4n) is 5.39. The third-order valence-corrected chi connectivity index (χ3v) is 9.72. The lowest BCUT2D eigenvalue weighted by molar-refractivity contribution is -0.870. The Bertz CT molecular complexity index is 1180. The standard InChI is InChI=1S/C46H80NO8P/c1-6-8-10-12-14-16-18-20-21-22-23-24-25-27-29-31-33-35-37-39-46(49)55-44(43-54-56(50,51)53-41-40-47(3,4)5)42-52-45(48)38-36-34-32-30-28-26-19-17-15-13-11-9-7-2/h8,10,14,16,20-21,23-24,27,29,33,35,44H,6-7,9,11-13,15,17-19,22,25-26,28,30-32,34,36-43H2,1-5H3/b10-8-,16-14-,21-20-,24-23-,29-27-,35-33-/t44-/m0/s1. The third-order valence-electron chi connectivity index (χ3n) is 8.75. The van der Waals surface area contributed by atoms with E-state index in [1.165, 1.54) is 64.2 Å². The van der Waals surface area contributed by atoms with Crippen LogP contribution in [0.1, 0.15) is 155 Å². The first-order chi connectivity index (χ1) is 27.0. The molecule has 0 spiro atoms. The van der Waals surface area contributed by atoms with Gasteiger partial charge in [0.05, 0.1) is 27.7 Å². The highest BCUT2D eigenvalue weighted by Crippen LogP contribution is 2.38. The second-order valence-electron chi connectivity index (χ2n) is 15.3. The van der Waals surface area contributed by atoms with Gasteiger partial charge in [0, 0.05) is 12.8 Å². The Hall–Kier alpha value is -2.55. The number of phosphoric acid groups is 1. The van der Waals surface area contributed by atoms with Crippen LogP contribution < -0.4 is 4.89 Å². The number of phosphoric ester groups is 1. The summed E-state index contributed by atoms with van der Waals surface area (Å²) in [5.74, 6) is -0.936. The number of rotatable bonds is 38. The van der Waals surface area contributed by atoms with E-state index in [-0.39, 0.29) is 26.1 Å². The molecule has 0 bridgehead atoms. The van der Waals surface area contributed by atoms with Crippen LogP contribution in [-0.2, 0) is 32.7 Å². The molecule has 56 heavy (non-hydrogen) atoms. The van der Waals surface area contributed by atoms with Crippen molar-refractivity contribution < 1.29 is 42.1 Å². The smallest absolute Gasteiger partial charge is 0.306 e. The van der Waals surface area contributed by atoms with Crippen molar-refractivity contribution in [3.05, 3.63) is 72.9 Å². The van der Waals surface area contributed by atoms with Gasteiger partial charge in [0.25, 0.3) is 7.82 Å². The molecule has 0 saturated carbocycles. The molecule has 322 valence electrons. The molecule has 2 atom stereocenters. The molecule has 0 saturated heterocycles. The summed E-state index contributed by atoms with van der Waals surface area (Å²) in [6.45, 7) is 4.01. The van der Waals surface area contributed by atoms with Crippen molar-refractivity contribution in [2.75, 3.05) is 47.5 Å². The zero-order valence-corrected chi connectivity index (χ0v) is 36.9. The van der Waals surface area contributed by atoms with E-state index in [4.69, 9.17) is 18.5 Å². The molecular formula is C46H80NO8P. The zero-order valence-electron chi connectivity index (χ0n) is 36.1. The number of hydrogen-bond acceptors (Lipinski definition) is 8. The van der Waals surface area contributed by atoms with Crippen LogP contribution in [0.15, 0.2) is 72.9 Å². The van der Waals surface area contributed by atoms with E-state index in [1.54, 1.807) is 0 Å². The summed E-state index contributed by atoms with van der Waals surface area (Å²) in [6, 6.07) is 0. The highest BCUT2D eigenvalue weighted by atomic mass is 31.2. The molecule has 0 aliphatic heterocycles. The normalized spacial score (nSPS) is 14.3. The van der Waals surface area contributed by atoms with Crippen molar-refractivity contribution >= 4 is 19.8 Å². The van der Waals surface area contributed by atoms with Gasteiger partial charge in [-0.3, -0.25) is 14.2 Å². The lowest BCUT2D eigenvalue weighted by atomic mass is 10.0. The Balaban J connectivity index is 4.51. The van der Waals surface area contributed by atoms with Gasteiger partial charge in [-0.1, -0.05) is 164 Å². The molecule has 0 aliphatic carbocycles. The molecule has 0 N–H and O–H groups in total. The Kier molecular flexibility index (Phi) is 36.3. The molecule has 0 heterocycles. The van der Waals surface area contributed by atoms with Gasteiger partial charge in [0.2, 0.25) is 0 Å². The largest absolute Gasteiger partial charge is 0.756 e. The topological polar surface area (TPSA) is 111 Å². The first kappa shape index (κ1) is 53.5. The van der Waals surface area contributed by atoms with Crippen LogP contribution in [-0.4, -0.2) is 70.0 Å². The number of likely N-dealkylation sites (N-methyl/N-ethyl adjacent to an activating group) is 1. The Morgan fingerprint density at radius 3 is 1.48 bits per heavy atom. The summed E-state index contributed by atoms with van der Waals surface area (Å²) in [5.41, 5.74) is 0. The average Bonchev–Trinajstić information content (AvgIpc) is 3.15. The molecule has 1 unspecified atom stereocenters. The fraction of sp³-hybridized carbons (Fsp3) is 0.696. The number of allylic oxidation sites excluding steroid dienone is 12. The summed E-state index contributed by atoms with van der Waals surface area (Å²) in [7, 11) is 1.11. The predicted octanol–water partition coefficient (Wildman–Crippen LogP) is 11.6. The second kappa shape index (κ2) is 38.0. The number of unbranched alkanes of at least 4 members (excludes halogenated alkanes) is 12. The molecule has 0 fully saturated rings. The van der Waals surface area contributed by atoms with E-state index in [0.29, 0.717) is 17.4 Å². The van der Waals surface area contributed by atoms with Crippen molar-refractivity contribution in [2.45, 2.75) is 161 Å². The van der Waals surface area contributed by atoms with Gasteiger partial charge in [-0.15, -0.1) is 0 Å². The number of carbonyl (C=O) groups excluding carboxylic acids is 2. The Morgan fingerprint density at radius 1 is 0.571 bits per heavy atom. The van der Waals surface area contributed by atoms with Gasteiger partial charge in [0.15, 0.2) is 6.10 Å². The van der Waals surface area contributed by atoms with Crippen LogP contribution in [0.3, 0.4) is 0 Å². The number of ether oxygens (including phenoxy) is 2. The second-order valence-corrected chi connectivity index (χ2v) is 16.7. The SMILES string of the molecule is CC/C=C\C/C=C\C/C=C\C/C=C\C/C=C\C/C=C\CCC(=O)O[C@@H](COC(=O)CCCCCCCCCCCCCCC)COP(=O)([O-])OCC[N+](C)(C)C. The summed E-state index contributed by atoms with van der Waals surface area (Å²) in [5, 5.41) is 0. The van der Waals surface area contributed by atoms with Gasteiger partial charge in [-0.05, 0) is 51.4 Å². The number of carbonyl (C=O) groups is 2. The minimum Gasteiger partial charge on any atom is -0.756 e. The zero-order chi connectivity index (χ0) is 41.4. The highest BCUT2D eigenvalue weighted by Gasteiger charge is 2.21.